The Labute approximate surface area is 197 Å². The fourth-order valence-corrected chi connectivity index (χ4v) is 4.92. The molecule has 1 N–H and O–H groups in total. The van der Waals surface area contributed by atoms with Crippen molar-refractivity contribution in [3.8, 4) is 0 Å². The molecule has 2 fully saturated rings. The van der Waals surface area contributed by atoms with Gasteiger partial charge >= 0.3 is 6.18 Å². The molecule has 0 radical (unpaired) electrons. The fraction of sp³-hybridized carbons (Fsp3) is 0.480. The van der Waals surface area contributed by atoms with E-state index in [1.54, 1.807) is 11.1 Å². The molecule has 182 valence electrons. The average molecular weight is 475 g/mol. The van der Waals surface area contributed by atoms with Gasteiger partial charge in [0.1, 0.15) is 0 Å². The molecule has 0 unspecified atom stereocenters. The number of pyridine rings is 1. The Kier molecular flexibility index (Phi) is 7.50. The monoisotopic (exact) mass is 474 g/mol. The van der Waals surface area contributed by atoms with Crippen LogP contribution in [0, 0.1) is 5.92 Å². The molecule has 1 saturated carbocycles. The lowest BCUT2D eigenvalue weighted by atomic mass is 9.95. The average Bonchev–Trinajstić information content (AvgIpc) is 3.37. The number of carbonyl (C=O) groups is 2. The number of nitrogens with zero attached hydrogens (tertiary/aromatic N) is 3. The van der Waals surface area contributed by atoms with Crippen LogP contribution in [0.4, 0.5) is 13.2 Å². The van der Waals surface area contributed by atoms with Gasteiger partial charge in [0, 0.05) is 37.9 Å². The van der Waals surface area contributed by atoms with Crippen LogP contribution in [0.1, 0.15) is 47.3 Å². The number of benzene rings is 1. The third-order valence-corrected chi connectivity index (χ3v) is 6.74. The van der Waals surface area contributed by atoms with Crippen LogP contribution in [0.15, 0.2) is 48.7 Å². The molecule has 1 saturated heterocycles. The minimum absolute atomic E-state index is 0.0138. The summed E-state index contributed by atoms with van der Waals surface area (Å²) >= 11 is 0. The second-order valence-electron chi connectivity index (χ2n) is 8.93. The maximum absolute atomic E-state index is 13.2. The Morgan fingerprint density at radius 3 is 2.26 bits per heavy atom. The van der Waals surface area contributed by atoms with Crippen LogP contribution in [0.5, 0.6) is 0 Å². The zero-order valence-corrected chi connectivity index (χ0v) is 18.9. The summed E-state index contributed by atoms with van der Waals surface area (Å²) in [7, 11) is 0. The van der Waals surface area contributed by atoms with Gasteiger partial charge in [0.2, 0.25) is 5.91 Å². The molecule has 4 rings (SSSR count). The van der Waals surface area contributed by atoms with Crippen LogP contribution in [0.3, 0.4) is 0 Å². The molecule has 9 heteroatoms. The molecule has 2 aromatic rings. The summed E-state index contributed by atoms with van der Waals surface area (Å²) in [5, 5.41) is 3.03. The number of hydrogen-bond acceptors (Lipinski definition) is 4. The fourth-order valence-electron chi connectivity index (χ4n) is 4.92. The van der Waals surface area contributed by atoms with E-state index in [-0.39, 0.29) is 29.3 Å². The molecule has 1 aromatic carbocycles. The molecule has 1 atom stereocenters. The van der Waals surface area contributed by atoms with E-state index in [0.29, 0.717) is 32.7 Å². The van der Waals surface area contributed by atoms with E-state index in [1.807, 2.05) is 18.2 Å². The summed E-state index contributed by atoms with van der Waals surface area (Å²) in [6.45, 7) is 2.32. The van der Waals surface area contributed by atoms with E-state index in [2.05, 4.69) is 15.2 Å². The summed E-state index contributed by atoms with van der Waals surface area (Å²) in [6.07, 6.45) is 1.50. The van der Waals surface area contributed by atoms with Crippen molar-refractivity contribution < 1.29 is 22.8 Å². The van der Waals surface area contributed by atoms with Crippen molar-refractivity contribution >= 4 is 11.8 Å². The van der Waals surface area contributed by atoms with Crippen molar-refractivity contribution in [2.24, 2.45) is 5.92 Å². The normalized spacial score (nSPS) is 18.6. The number of hydrogen-bond donors (Lipinski definition) is 1. The first-order chi connectivity index (χ1) is 16.3. The lowest BCUT2D eigenvalue weighted by Crippen LogP contribution is -2.57. The van der Waals surface area contributed by atoms with Gasteiger partial charge in [0.25, 0.3) is 5.91 Å². The van der Waals surface area contributed by atoms with Gasteiger partial charge in [-0.25, -0.2) is 0 Å². The smallest absolute Gasteiger partial charge is 0.349 e. The molecule has 0 bridgehead atoms. The van der Waals surface area contributed by atoms with Crippen LogP contribution in [0.25, 0.3) is 0 Å². The molecule has 1 aliphatic heterocycles. The molecule has 2 amide bonds. The number of aromatic nitrogens is 1. The molecule has 2 aliphatic rings. The maximum Gasteiger partial charge on any atom is 0.416 e. The molecular weight excluding hydrogens is 445 g/mol. The number of alkyl halides is 3. The van der Waals surface area contributed by atoms with Gasteiger partial charge in [0.15, 0.2) is 0 Å². The number of amides is 2. The highest BCUT2D eigenvalue weighted by molar-refractivity contribution is 5.94. The first kappa shape index (κ1) is 24.2. The quantitative estimate of drug-likeness (QED) is 0.693. The Bertz CT molecular complexity index is 968. The van der Waals surface area contributed by atoms with Crippen LogP contribution in [0.2, 0.25) is 0 Å². The predicted octanol–water partition coefficient (Wildman–Crippen LogP) is 3.73. The lowest BCUT2D eigenvalue weighted by Gasteiger charge is -2.40. The van der Waals surface area contributed by atoms with E-state index < -0.39 is 11.7 Å². The lowest BCUT2D eigenvalue weighted by molar-refractivity contribution is -0.137. The Morgan fingerprint density at radius 1 is 1.00 bits per heavy atom. The Hall–Kier alpha value is -2.94. The van der Waals surface area contributed by atoms with E-state index >= 15 is 0 Å². The Balaban J connectivity index is 1.37. The number of nitrogens with one attached hydrogen (secondary N) is 1. The molecule has 6 nitrogen and oxygen atoms in total. The zero-order valence-electron chi connectivity index (χ0n) is 18.9. The van der Waals surface area contributed by atoms with Crippen molar-refractivity contribution in [3.05, 3.63) is 65.5 Å². The highest BCUT2D eigenvalue weighted by Gasteiger charge is 2.37. The van der Waals surface area contributed by atoms with E-state index in [4.69, 9.17) is 0 Å². The molecular formula is C25H29F3N4O2. The van der Waals surface area contributed by atoms with Crippen molar-refractivity contribution in [3.63, 3.8) is 0 Å². The number of rotatable bonds is 6. The number of piperazine rings is 1. The predicted molar refractivity (Wildman–Crippen MR) is 121 cm³/mol. The summed E-state index contributed by atoms with van der Waals surface area (Å²) < 4.78 is 38.4. The van der Waals surface area contributed by atoms with Gasteiger partial charge in [-0.1, -0.05) is 18.9 Å². The van der Waals surface area contributed by atoms with Gasteiger partial charge in [-0.2, -0.15) is 13.2 Å². The number of carbonyl (C=O) groups excluding carboxylic acids is 2. The highest BCUT2D eigenvalue weighted by atomic mass is 19.4. The van der Waals surface area contributed by atoms with Crippen molar-refractivity contribution in [2.45, 2.75) is 44.4 Å². The van der Waals surface area contributed by atoms with Crippen LogP contribution < -0.4 is 5.32 Å². The van der Waals surface area contributed by atoms with Crippen LogP contribution in [-0.4, -0.2) is 58.8 Å². The molecule has 2 heterocycles. The van der Waals surface area contributed by atoms with E-state index in [0.717, 1.165) is 43.5 Å². The standard InChI is InChI=1S/C25H29F3N4O2/c26-25(27,28)20-10-8-19(9-11-20)24(34)32-15-13-31(14-16-32)22(18-5-1-2-6-18)23(33)30-17-21-7-3-4-12-29-21/h3-4,7-12,18,22H,1-2,5-6,13-17H2,(H,30,33)/t22-/m0/s1. The second-order valence-corrected chi connectivity index (χ2v) is 8.93. The second kappa shape index (κ2) is 10.5. The largest absolute Gasteiger partial charge is 0.416 e. The van der Waals surface area contributed by atoms with Crippen molar-refractivity contribution in [2.75, 3.05) is 26.2 Å². The van der Waals surface area contributed by atoms with Gasteiger partial charge < -0.3 is 10.2 Å². The van der Waals surface area contributed by atoms with Gasteiger partial charge in [-0.3, -0.25) is 19.5 Å². The Morgan fingerprint density at radius 2 is 1.68 bits per heavy atom. The topological polar surface area (TPSA) is 65.5 Å². The zero-order chi connectivity index (χ0) is 24.1. The summed E-state index contributed by atoms with van der Waals surface area (Å²) in [4.78, 5) is 34.1. The van der Waals surface area contributed by atoms with Gasteiger partial charge in [0.05, 0.1) is 23.8 Å². The maximum atomic E-state index is 13.2. The third kappa shape index (κ3) is 5.75. The summed E-state index contributed by atoms with van der Waals surface area (Å²) in [6, 6.07) is 9.66. The summed E-state index contributed by atoms with van der Waals surface area (Å²) in [5.41, 5.74) is 0.264. The SMILES string of the molecule is O=C(NCc1ccccn1)[C@H](C1CCCC1)N1CCN(C(=O)c2ccc(C(F)(F)F)cc2)CC1. The van der Waals surface area contributed by atoms with Gasteiger partial charge in [-0.05, 0) is 55.2 Å². The molecule has 1 aromatic heterocycles. The highest BCUT2D eigenvalue weighted by Crippen LogP contribution is 2.32. The van der Waals surface area contributed by atoms with Crippen LogP contribution in [-0.2, 0) is 17.5 Å². The van der Waals surface area contributed by atoms with Gasteiger partial charge in [-0.15, -0.1) is 0 Å². The molecule has 0 spiro atoms. The summed E-state index contributed by atoms with van der Waals surface area (Å²) in [5.74, 6) is -0.0219. The minimum Gasteiger partial charge on any atom is -0.349 e. The van der Waals surface area contributed by atoms with Crippen molar-refractivity contribution in [1.82, 2.24) is 20.1 Å². The molecule has 34 heavy (non-hydrogen) atoms. The first-order valence-corrected chi connectivity index (χ1v) is 11.7. The van der Waals surface area contributed by atoms with E-state index in [9.17, 15) is 22.8 Å². The number of halogens is 3. The molecule has 1 aliphatic carbocycles. The van der Waals surface area contributed by atoms with Crippen LogP contribution >= 0.6 is 0 Å². The first-order valence-electron chi connectivity index (χ1n) is 11.7. The van der Waals surface area contributed by atoms with E-state index in [1.165, 1.54) is 12.1 Å². The minimum atomic E-state index is -4.43. The third-order valence-electron chi connectivity index (χ3n) is 6.74. The van der Waals surface area contributed by atoms with Crippen molar-refractivity contribution in [1.29, 1.82) is 0 Å².